The Morgan fingerprint density at radius 3 is 2.38 bits per heavy atom. The molecule has 2 aromatic rings. The third-order valence-corrected chi connectivity index (χ3v) is 3.95. The second-order valence-electron chi connectivity index (χ2n) is 3.96. The highest BCUT2D eigenvalue weighted by molar-refractivity contribution is 7.92. The van der Waals surface area contributed by atoms with Crippen LogP contribution in [0.5, 0.6) is 0 Å². The number of sulfonamides is 1. The molecule has 0 atom stereocenters. The summed E-state index contributed by atoms with van der Waals surface area (Å²) in [6, 6.07) is 8.48. The van der Waals surface area contributed by atoms with Gasteiger partial charge in [-0.05, 0) is 24.3 Å². The standard InChI is InChI=1S/C11H13N5O4S/c12-9-5-2-6-10(13-9)16-21(19,20)8-4-1-3-7(14-17)11(8)15-18/h1-6,14-15,17-18H,(H3,12,13,16). The molecular formula is C11H13N5O4S. The maximum Gasteiger partial charge on any atom is 0.265 e. The lowest BCUT2D eigenvalue weighted by Crippen LogP contribution is -2.16. The maximum atomic E-state index is 12.3. The minimum Gasteiger partial charge on any atom is -0.384 e. The zero-order chi connectivity index (χ0) is 15.5. The molecule has 0 amide bonds. The van der Waals surface area contributed by atoms with Gasteiger partial charge < -0.3 is 5.73 Å². The Labute approximate surface area is 120 Å². The normalized spacial score (nSPS) is 11.0. The lowest BCUT2D eigenvalue weighted by atomic mass is 10.3. The minimum atomic E-state index is -4.05. The molecule has 0 unspecified atom stereocenters. The molecule has 0 aliphatic carbocycles. The Morgan fingerprint density at radius 1 is 1.05 bits per heavy atom. The van der Waals surface area contributed by atoms with Crippen LogP contribution in [0.2, 0.25) is 0 Å². The van der Waals surface area contributed by atoms with Gasteiger partial charge in [0.05, 0.1) is 5.69 Å². The van der Waals surface area contributed by atoms with Gasteiger partial charge in [-0.1, -0.05) is 12.1 Å². The van der Waals surface area contributed by atoms with Gasteiger partial charge in [0, 0.05) is 0 Å². The van der Waals surface area contributed by atoms with Gasteiger partial charge in [0.25, 0.3) is 10.0 Å². The number of benzene rings is 1. The first kappa shape index (κ1) is 14.8. The largest absolute Gasteiger partial charge is 0.384 e. The molecule has 0 saturated carbocycles. The first-order valence-corrected chi connectivity index (χ1v) is 7.15. The summed E-state index contributed by atoms with van der Waals surface area (Å²) in [6.07, 6.45) is 0. The van der Waals surface area contributed by atoms with Gasteiger partial charge in [0.2, 0.25) is 0 Å². The Hall–Kier alpha value is -2.56. The molecule has 21 heavy (non-hydrogen) atoms. The molecular weight excluding hydrogens is 298 g/mol. The van der Waals surface area contributed by atoms with E-state index in [1.807, 2.05) is 0 Å². The van der Waals surface area contributed by atoms with Crippen LogP contribution >= 0.6 is 0 Å². The summed E-state index contributed by atoms with van der Waals surface area (Å²) in [7, 11) is -4.05. The highest BCUT2D eigenvalue weighted by atomic mass is 32.2. The molecule has 0 fully saturated rings. The van der Waals surface area contributed by atoms with Gasteiger partial charge in [-0.25, -0.2) is 13.4 Å². The molecule has 9 nitrogen and oxygen atoms in total. The Morgan fingerprint density at radius 2 is 1.76 bits per heavy atom. The Bertz CT molecular complexity index is 750. The van der Waals surface area contributed by atoms with Crippen molar-refractivity contribution in [2.75, 3.05) is 21.4 Å². The predicted molar refractivity (Wildman–Crippen MR) is 76.7 cm³/mol. The number of nitrogen functional groups attached to an aromatic ring is 1. The average Bonchev–Trinajstić information content (AvgIpc) is 2.45. The monoisotopic (exact) mass is 311 g/mol. The van der Waals surface area contributed by atoms with Gasteiger partial charge in [0.1, 0.15) is 22.2 Å². The number of hydrogen-bond acceptors (Lipinski definition) is 8. The van der Waals surface area contributed by atoms with Crippen molar-refractivity contribution in [1.29, 1.82) is 0 Å². The summed E-state index contributed by atoms with van der Waals surface area (Å²) >= 11 is 0. The van der Waals surface area contributed by atoms with Crippen molar-refractivity contribution in [3.05, 3.63) is 36.4 Å². The maximum absolute atomic E-state index is 12.3. The number of aromatic nitrogens is 1. The van der Waals surface area contributed by atoms with Gasteiger partial charge in [-0.3, -0.25) is 26.1 Å². The van der Waals surface area contributed by atoms with E-state index in [2.05, 4.69) is 9.71 Å². The number of nitrogens with zero attached hydrogens (tertiary/aromatic N) is 1. The van der Waals surface area contributed by atoms with Gasteiger partial charge >= 0.3 is 0 Å². The molecule has 0 saturated heterocycles. The molecule has 0 aliphatic rings. The van der Waals surface area contributed by atoms with Crippen LogP contribution in [0.3, 0.4) is 0 Å². The first-order chi connectivity index (χ1) is 9.97. The van der Waals surface area contributed by atoms with Crippen LogP contribution in [0.1, 0.15) is 0 Å². The molecule has 1 aromatic heterocycles. The quantitative estimate of drug-likeness (QED) is 0.449. The topological polar surface area (TPSA) is 150 Å². The number of rotatable bonds is 5. The smallest absolute Gasteiger partial charge is 0.265 e. The number of para-hydroxylation sites is 1. The van der Waals surface area contributed by atoms with E-state index >= 15 is 0 Å². The number of anilines is 4. The van der Waals surface area contributed by atoms with Crippen molar-refractivity contribution in [1.82, 2.24) is 4.98 Å². The van der Waals surface area contributed by atoms with E-state index in [4.69, 9.17) is 16.1 Å². The van der Waals surface area contributed by atoms with Crippen molar-refractivity contribution >= 4 is 33.0 Å². The molecule has 0 aliphatic heterocycles. The van der Waals surface area contributed by atoms with E-state index in [0.29, 0.717) is 0 Å². The summed E-state index contributed by atoms with van der Waals surface area (Å²) in [6.45, 7) is 0. The second-order valence-corrected chi connectivity index (χ2v) is 5.61. The summed E-state index contributed by atoms with van der Waals surface area (Å²) in [5.41, 5.74) is 8.77. The number of nitrogens with one attached hydrogen (secondary N) is 3. The van der Waals surface area contributed by atoms with Crippen LogP contribution in [0, 0.1) is 0 Å². The molecule has 1 aromatic carbocycles. The zero-order valence-electron chi connectivity index (χ0n) is 10.6. The molecule has 0 bridgehead atoms. The molecule has 0 spiro atoms. The van der Waals surface area contributed by atoms with E-state index < -0.39 is 10.0 Å². The summed E-state index contributed by atoms with van der Waals surface area (Å²) in [5, 5.41) is 18.0. The van der Waals surface area contributed by atoms with Gasteiger partial charge in [-0.15, -0.1) is 0 Å². The fourth-order valence-corrected chi connectivity index (χ4v) is 2.85. The fraction of sp³-hybridized carbons (Fsp3) is 0. The zero-order valence-corrected chi connectivity index (χ0v) is 11.4. The van der Waals surface area contributed by atoms with E-state index in [9.17, 15) is 8.42 Å². The van der Waals surface area contributed by atoms with E-state index in [-0.39, 0.29) is 27.9 Å². The first-order valence-electron chi connectivity index (χ1n) is 5.66. The van der Waals surface area contributed by atoms with E-state index in [0.717, 1.165) is 0 Å². The van der Waals surface area contributed by atoms with Crippen LogP contribution in [0.4, 0.5) is 23.0 Å². The summed E-state index contributed by atoms with van der Waals surface area (Å²) < 4.78 is 26.8. The van der Waals surface area contributed by atoms with E-state index in [1.54, 1.807) is 11.0 Å². The van der Waals surface area contributed by atoms with Crippen molar-refractivity contribution < 1.29 is 18.8 Å². The molecule has 112 valence electrons. The number of pyridine rings is 1. The number of hydrogen-bond donors (Lipinski definition) is 6. The third-order valence-electron chi connectivity index (χ3n) is 2.56. The van der Waals surface area contributed by atoms with Gasteiger partial charge in [0.15, 0.2) is 0 Å². The van der Waals surface area contributed by atoms with Crippen molar-refractivity contribution in [3.8, 4) is 0 Å². The van der Waals surface area contributed by atoms with Crippen LogP contribution in [0.25, 0.3) is 0 Å². The Balaban J connectivity index is 2.45. The summed E-state index contributed by atoms with van der Waals surface area (Å²) in [5.74, 6) is 0.183. The minimum absolute atomic E-state index is 0.0130. The lowest BCUT2D eigenvalue weighted by molar-refractivity contribution is 0.376. The SMILES string of the molecule is Nc1cccc(NS(=O)(=O)c2cccc(NO)c2NO)n1. The lowest BCUT2D eigenvalue weighted by Gasteiger charge is -2.13. The fourth-order valence-electron chi connectivity index (χ4n) is 1.66. The average molecular weight is 311 g/mol. The van der Waals surface area contributed by atoms with Crippen LogP contribution in [0.15, 0.2) is 41.3 Å². The van der Waals surface area contributed by atoms with Gasteiger partial charge in [-0.2, -0.15) is 0 Å². The Kier molecular flexibility index (Phi) is 4.12. The van der Waals surface area contributed by atoms with E-state index in [1.165, 1.54) is 36.4 Å². The summed E-state index contributed by atoms with van der Waals surface area (Å²) in [4.78, 5) is 3.54. The highest BCUT2D eigenvalue weighted by Gasteiger charge is 2.21. The third kappa shape index (κ3) is 3.13. The van der Waals surface area contributed by atoms with Crippen molar-refractivity contribution in [2.45, 2.75) is 4.90 Å². The second kappa shape index (κ2) is 5.83. The van der Waals surface area contributed by atoms with Crippen LogP contribution in [-0.4, -0.2) is 23.8 Å². The molecule has 10 heteroatoms. The molecule has 0 radical (unpaired) electrons. The molecule has 2 rings (SSSR count). The van der Waals surface area contributed by atoms with Crippen LogP contribution in [-0.2, 0) is 10.0 Å². The van der Waals surface area contributed by atoms with Crippen molar-refractivity contribution in [3.63, 3.8) is 0 Å². The van der Waals surface area contributed by atoms with Crippen molar-refractivity contribution in [2.24, 2.45) is 0 Å². The predicted octanol–water partition coefficient (Wildman–Crippen LogP) is 1.07. The molecule has 7 N–H and O–H groups in total. The highest BCUT2D eigenvalue weighted by Crippen LogP contribution is 2.30. The molecule has 1 heterocycles. The number of nitrogens with two attached hydrogens (primary N) is 1. The van der Waals surface area contributed by atoms with Crippen LogP contribution < -0.4 is 21.4 Å².